The molecule has 78 valence electrons. The van der Waals surface area contributed by atoms with E-state index < -0.39 is 0 Å². The minimum Gasteiger partial charge on any atom is -0.303 e. The van der Waals surface area contributed by atoms with Crippen LogP contribution in [0.3, 0.4) is 0 Å². The van der Waals surface area contributed by atoms with Crippen molar-refractivity contribution in [2.45, 2.75) is 33.6 Å². The van der Waals surface area contributed by atoms with Gasteiger partial charge < -0.3 is 4.79 Å². The highest BCUT2D eigenvalue weighted by Gasteiger charge is 2.26. The molecule has 0 heterocycles. The maximum atomic E-state index is 10.8. The third kappa shape index (κ3) is 2.34. The fourth-order valence-electron chi connectivity index (χ4n) is 2.19. The fraction of sp³-hybridized carbons (Fsp3) is 0.615. The SMILES string of the molecule is C=C(C)C1CC=C(C)C(C(C)C=O)C1. The average Bonchev–Trinajstić information content (AvgIpc) is 2.17. The van der Waals surface area contributed by atoms with Gasteiger partial charge >= 0.3 is 0 Å². The zero-order valence-electron chi connectivity index (χ0n) is 9.42. The Kier molecular flexibility index (Phi) is 3.68. The minimum atomic E-state index is 0.147. The van der Waals surface area contributed by atoms with E-state index in [0.29, 0.717) is 11.8 Å². The Morgan fingerprint density at radius 1 is 1.71 bits per heavy atom. The number of carbonyl (C=O) groups is 1. The molecular weight excluding hydrogens is 172 g/mol. The molecule has 0 bridgehead atoms. The quantitative estimate of drug-likeness (QED) is 0.495. The molecule has 3 atom stereocenters. The predicted molar refractivity (Wildman–Crippen MR) is 60.0 cm³/mol. The van der Waals surface area contributed by atoms with Crippen LogP contribution in [-0.2, 0) is 4.79 Å². The van der Waals surface area contributed by atoms with Crippen LogP contribution in [0, 0.1) is 17.8 Å². The smallest absolute Gasteiger partial charge is 0.123 e. The molecule has 1 nitrogen and oxygen atoms in total. The Balaban J connectivity index is 2.76. The fourth-order valence-corrected chi connectivity index (χ4v) is 2.19. The number of aldehydes is 1. The van der Waals surface area contributed by atoms with Gasteiger partial charge in [0, 0.05) is 5.92 Å². The van der Waals surface area contributed by atoms with Gasteiger partial charge in [-0.3, -0.25) is 0 Å². The van der Waals surface area contributed by atoms with Crippen LogP contribution in [-0.4, -0.2) is 6.29 Å². The van der Waals surface area contributed by atoms with E-state index in [1.807, 2.05) is 6.92 Å². The van der Waals surface area contributed by atoms with E-state index in [1.54, 1.807) is 0 Å². The van der Waals surface area contributed by atoms with Crippen molar-refractivity contribution in [2.75, 3.05) is 0 Å². The lowest BCUT2D eigenvalue weighted by Gasteiger charge is -2.30. The Labute approximate surface area is 86.9 Å². The third-order valence-electron chi connectivity index (χ3n) is 3.39. The van der Waals surface area contributed by atoms with E-state index in [2.05, 4.69) is 26.5 Å². The van der Waals surface area contributed by atoms with Gasteiger partial charge in [0.25, 0.3) is 0 Å². The molecule has 14 heavy (non-hydrogen) atoms. The van der Waals surface area contributed by atoms with Crippen molar-refractivity contribution in [2.24, 2.45) is 17.8 Å². The summed E-state index contributed by atoms with van der Waals surface area (Å²) in [5.74, 6) is 1.16. The first-order valence-electron chi connectivity index (χ1n) is 5.33. The van der Waals surface area contributed by atoms with Gasteiger partial charge in [0.1, 0.15) is 6.29 Å². The molecule has 0 saturated heterocycles. The Hall–Kier alpha value is -0.850. The molecule has 0 N–H and O–H groups in total. The summed E-state index contributed by atoms with van der Waals surface area (Å²) in [7, 11) is 0. The molecule has 0 aromatic heterocycles. The van der Waals surface area contributed by atoms with E-state index in [-0.39, 0.29) is 5.92 Å². The van der Waals surface area contributed by atoms with Gasteiger partial charge in [0.2, 0.25) is 0 Å². The van der Waals surface area contributed by atoms with E-state index in [4.69, 9.17) is 0 Å². The first-order chi connectivity index (χ1) is 6.56. The van der Waals surface area contributed by atoms with Crippen molar-refractivity contribution in [3.05, 3.63) is 23.8 Å². The van der Waals surface area contributed by atoms with Crippen LogP contribution in [0.25, 0.3) is 0 Å². The van der Waals surface area contributed by atoms with Gasteiger partial charge in [0.15, 0.2) is 0 Å². The van der Waals surface area contributed by atoms with Gasteiger partial charge in [-0.05, 0) is 38.5 Å². The maximum absolute atomic E-state index is 10.8. The summed E-state index contributed by atoms with van der Waals surface area (Å²) >= 11 is 0. The Morgan fingerprint density at radius 2 is 2.36 bits per heavy atom. The van der Waals surface area contributed by atoms with Crippen LogP contribution in [0.2, 0.25) is 0 Å². The zero-order valence-corrected chi connectivity index (χ0v) is 9.42. The van der Waals surface area contributed by atoms with Crippen molar-refractivity contribution in [3.8, 4) is 0 Å². The van der Waals surface area contributed by atoms with Crippen LogP contribution in [0.4, 0.5) is 0 Å². The van der Waals surface area contributed by atoms with Crippen LogP contribution < -0.4 is 0 Å². The molecule has 0 aromatic carbocycles. The molecule has 0 fully saturated rings. The third-order valence-corrected chi connectivity index (χ3v) is 3.39. The molecule has 0 aliphatic heterocycles. The summed E-state index contributed by atoms with van der Waals surface area (Å²) in [5, 5.41) is 0. The lowest BCUT2D eigenvalue weighted by Crippen LogP contribution is -2.22. The van der Waals surface area contributed by atoms with Crippen LogP contribution >= 0.6 is 0 Å². The maximum Gasteiger partial charge on any atom is 0.123 e. The van der Waals surface area contributed by atoms with Crippen LogP contribution in [0.1, 0.15) is 33.6 Å². The standard InChI is InChI=1S/C13H20O/c1-9(2)12-6-5-10(3)13(7-12)11(4)8-14/h5,8,11-13H,1,6-7H2,2-4H3. The molecule has 1 heteroatoms. The number of carbonyl (C=O) groups excluding carboxylic acids is 1. The number of rotatable bonds is 3. The lowest BCUT2D eigenvalue weighted by molar-refractivity contribution is -0.111. The highest BCUT2D eigenvalue weighted by molar-refractivity contribution is 5.54. The molecule has 1 aliphatic rings. The lowest BCUT2D eigenvalue weighted by atomic mass is 9.74. The minimum absolute atomic E-state index is 0.147. The molecule has 0 amide bonds. The van der Waals surface area contributed by atoms with E-state index in [9.17, 15) is 4.79 Å². The molecule has 0 radical (unpaired) electrons. The molecule has 0 saturated carbocycles. The first kappa shape index (κ1) is 11.2. The average molecular weight is 192 g/mol. The summed E-state index contributed by atoms with van der Waals surface area (Å²) in [6.07, 6.45) is 5.54. The summed E-state index contributed by atoms with van der Waals surface area (Å²) in [5.41, 5.74) is 2.62. The Morgan fingerprint density at radius 3 is 2.86 bits per heavy atom. The summed E-state index contributed by atoms with van der Waals surface area (Å²) < 4.78 is 0. The van der Waals surface area contributed by atoms with Crippen LogP contribution in [0.5, 0.6) is 0 Å². The van der Waals surface area contributed by atoms with Crippen molar-refractivity contribution in [3.63, 3.8) is 0 Å². The van der Waals surface area contributed by atoms with Gasteiger partial charge in [-0.15, -0.1) is 0 Å². The largest absolute Gasteiger partial charge is 0.303 e. The molecule has 1 aliphatic carbocycles. The van der Waals surface area contributed by atoms with Crippen molar-refractivity contribution in [1.82, 2.24) is 0 Å². The number of hydrogen-bond donors (Lipinski definition) is 0. The van der Waals surface area contributed by atoms with E-state index in [1.165, 1.54) is 11.1 Å². The molecule has 1 rings (SSSR count). The van der Waals surface area contributed by atoms with Crippen molar-refractivity contribution in [1.29, 1.82) is 0 Å². The Bertz CT molecular complexity index is 262. The second-order valence-electron chi connectivity index (χ2n) is 4.56. The topological polar surface area (TPSA) is 17.1 Å². The summed E-state index contributed by atoms with van der Waals surface area (Å²) in [6, 6.07) is 0. The van der Waals surface area contributed by atoms with Crippen molar-refractivity contribution < 1.29 is 4.79 Å². The highest BCUT2D eigenvalue weighted by Crippen LogP contribution is 2.36. The van der Waals surface area contributed by atoms with Gasteiger partial charge in [-0.1, -0.05) is 30.7 Å². The van der Waals surface area contributed by atoms with Gasteiger partial charge in [0.05, 0.1) is 0 Å². The summed E-state index contributed by atoms with van der Waals surface area (Å²) in [6.45, 7) is 10.2. The van der Waals surface area contributed by atoms with Gasteiger partial charge in [-0.25, -0.2) is 0 Å². The summed E-state index contributed by atoms with van der Waals surface area (Å²) in [4.78, 5) is 10.8. The molecule has 0 aromatic rings. The van der Waals surface area contributed by atoms with Gasteiger partial charge in [-0.2, -0.15) is 0 Å². The van der Waals surface area contributed by atoms with Crippen LogP contribution in [0.15, 0.2) is 23.8 Å². The van der Waals surface area contributed by atoms with E-state index in [0.717, 1.165) is 19.1 Å². The molecule has 0 spiro atoms. The second-order valence-corrected chi connectivity index (χ2v) is 4.56. The predicted octanol–water partition coefficient (Wildman–Crippen LogP) is 3.37. The highest BCUT2D eigenvalue weighted by atomic mass is 16.1. The van der Waals surface area contributed by atoms with E-state index >= 15 is 0 Å². The number of allylic oxidation sites excluding steroid dienone is 3. The van der Waals surface area contributed by atoms with Crippen molar-refractivity contribution >= 4 is 6.29 Å². The zero-order chi connectivity index (χ0) is 10.7. The molecule has 3 unspecified atom stereocenters. The molecular formula is C13H20O. The monoisotopic (exact) mass is 192 g/mol. The number of hydrogen-bond acceptors (Lipinski definition) is 1. The normalized spacial score (nSPS) is 29.2. The first-order valence-corrected chi connectivity index (χ1v) is 5.33. The second kappa shape index (κ2) is 4.59.